The molecule has 2 nitrogen and oxygen atoms in total. The van der Waals surface area contributed by atoms with Crippen LogP contribution in [0, 0.1) is 0 Å². The van der Waals surface area contributed by atoms with Crippen molar-refractivity contribution >= 4 is 39.0 Å². The van der Waals surface area contributed by atoms with E-state index in [2.05, 4.69) is 0 Å². The summed E-state index contributed by atoms with van der Waals surface area (Å²) in [5.41, 5.74) is 0. The summed E-state index contributed by atoms with van der Waals surface area (Å²) in [5, 5.41) is 10.5. The molecular formula is C11H9ClO2S. The molecule has 1 aromatic heterocycles. The number of thiophene rings is 1. The van der Waals surface area contributed by atoms with E-state index in [1.807, 2.05) is 24.3 Å². The van der Waals surface area contributed by atoms with Gasteiger partial charge in [0.05, 0.1) is 5.92 Å². The number of rotatable bonds is 2. The van der Waals surface area contributed by atoms with Crippen molar-refractivity contribution in [2.75, 3.05) is 0 Å². The summed E-state index contributed by atoms with van der Waals surface area (Å²) in [7, 11) is 0. The Labute approximate surface area is 96.1 Å². The van der Waals surface area contributed by atoms with Gasteiger partial charge in [-0.1, -0.05) is 17.7 Å². The molecule has 0 saturated carbocycles. The number of carboxylic acids is 1. The zero-order valence-electron chi connectivity index (χ0n) is 8.03. The average Bonchev–Trinajstić information content (AvgIpc) is 2.61. The van der Waals surface area contributed by atoms with E-state index in [9.17, 15) is 4.79 Å². The van der Waals surface area contributed by atoms with Crippen LogP contribution in [0.1, 0.15) is 17.7 Å². The number of hydrogen-bond acceptors (Lipinski definition) is 2. The van der Waals surface area contributed by atoms with Gasteiger partial charge in [0.2, 0.25) is 0 Å². The third kappa shape index (κ3) is 1.85. The van der Waals surface area contributed by atoms with Crippen molar-refractivity contribution in [3.8, 4) is 0 Å². The van der Waals surface area contributed by atoms with Crippen LogP contribution in [0.2, 0.25) is 5.02 Å². The summed E-state index contributed by atoms with van der Waals surface area (Å²) in [6.07, 6.45) is 0. The van der Waals surface area contributed by atoms with E-state index in [-0.39, 0.29) is 0 Å². The van der Waals surface area contributed by atoms with E-state index in [0.29, 0.717) is 5.02 Å². The van der Waals surface area contributed by atoms with Gasteiger partial charge in [0.25, 0.3) is 0 Å². The molecule has 0 bridgehead atoms. The van der Waals surface area contributed by atoms with Crippen molar-refractivity contribution in [3.63, 3.8) is 0 Å². The van der Waals surface area contributed by atoms with Gasteiger partial charge in [0.15, 0.2) is 0 Å². The Morgan fingerprint density at radius 3 is 2.87 bits per heavy atom. The third-order valence-corrected chi connectivity index (χ3v) is 3.94. The minimum absolute atomic E-state index is 0.474. The van der Waals surface area contributed by atoms with Gasteiger partial charge >= 0.3 is 5.97 Å². The zero-order valence-corrected chi connectivity index (χ0v) is 9.60. The highest BCUT2D eigenvalue weighted by Gasteiger charge is 2.16. The molecule has 1 N–H and O–H groups in total. The van der Waals surface area contributed by atoms with E-state index in [1.54, 1.807) is 6.92 Å². The van der Waals surface area contributed by atoms with Crippen LogP contribution in [0.25, 0.3) is 10.1 Å². The van der Waals surface area contributed by atoms with Crippen LogP contribution in [0.3, 0.4) is 0 Å². The molecule has 0 aliphatic carbocycles. The molecule has 0 aliphatic rings. The summed E-state index contributed by atoms with van der Waals surface area (Å²) in [6.45, 7) is 1.68. The summed E-state index contributed by atoms with van der Waals surface area (Å²) < 4.78 is 1.03. The molecule has 0 saturated heterocycles. The molecule has 4 heteroatoms. The maximum atomic E-state index is 10.8. The highest BCUT2D eigenvalue weighted by Crippen LogP contribution is 2.34. The van der Waals surface area contributed by atoms with Gasteiger partial charge in [0, 0.05) is 20.0 Å². The monoisotopic (exact) mass is 240 g/mol. The maximum absolute atomic E-state index is 10.8. The quantitative estimate of drug-likeness (QED) is 0.868. The first-order valence-corrected chi connectivity index (χ1v) is 5.70. The second-order valence-corrected chi connectivity index (χ2v) is 4.88. The number of hydrogen-bond donors (Lipinski definition) is 1. The maximum Gasteiger partial charge on any atom is 0.311 e. The number of carbonyl (C=O) groups is 1. The molecule has 0 radical (unpaired) electrons. The van der Waals surface area contributed by atoms with Crippen LogP contribution in [0.5, 0.6) is 0 Å². The normalized spacial score (nSPS) is 12.9. The summed E-state index contributed by atoms with van der Waals surface area (Å²) in [5.74, 6) is -1.28. The van der Waals surface area contributed by atoms with Gasteiger partial charge in [0.1, 0.15) is 0 Å². The molecule has 1 heterocycles. The van der Waals surface area contributed by atoms with E-state index >= 15 is 0 Å². The highest BCUT2D eigenvalue weighted by atomic mass is 35.5. The molecule has 1 unspecified atom stereocenters. The van der Waals surface area contributed by atoms with Crippen molar-refractivity contribution in [1.82, 2.24) is 0 Å². The standard InChI is InChI=1S/C11H9ClO2S/c1-6(11(13)14)10-5-7-8(12)3-2-4-9(7)15-10/h2-6H,1H3,(H,13,14). The second kappa shape index (κ2) is 3.83. The minimum atomic E-state index is -0.808. The van der Waals surface area contributed by atoms with Gasteiger partial charge in [-0.2, -0.15) is 0 Å². The predicted molar refractivity (Wildman–Crippen MR) is 62.9 cm³/mol. The van der Waals surface area contributed by atoms with Crippen molar-refractivity contribution < 1.29 is 9.90 Å². The highest BCUT2D eigenvalue weighted by molar-refractivity contribution is 7.19. The molecule has 1 aromatic carbocycles. The van der Waals surface area contributed by atoms with E-state index in [1.165, 1.54) is 11.3 Å². The Morgan fingerprint density at radius 1 is 1.53 bits per heavy atom. The Bertz CT molecular complexity index is 518. The third-order valence-electron chi connectivity index (χ3n) is 2.32. The first-order chi connectivity index (χ1) is 7.09. The topological polar surface area (TPSA) is 37.3 Å². The van der Waals surface area contributed by atoms with Crippen LogP contribution in [0.15, 0.2) is 24.3 Å². The first kappa shape index (κ1) is 10.5. The lowest BCUT2D eigenvalue weighted by atomic mass is 10.1. The Balaban J connectivity index is 2.56. The van der Waals surface area contributed by atoms with Gasteiger partial charge < -0.3 is 5.11 Å². The second-order valence-electron chi connectivity index (χ2n) is 3.36. The molecule has 78 valence electrons. The molecule has 0 aliphatic heterocycles. The van der Waals surface area contributed by atoms with Crippen molar-refractivity contribution in [1.29, 1.82) is 0 Å². The van der Waals surface area contributed by atoms with Crippen LogP contribution in [0.4, 0.5) is 0 Å². The fraction of sp³-hybridized carbons (Fsp3) is 0.182. The molecule has 1 atom stereocenters. The minimum Gasteiger partial charge on any atom is -0.481 e. The van der Waals surface area contributed by atoms with E-state index in [0.717, 1.165) is 15.0 Å². The van der Waals surface area contributed by atoms with Crippen molar-refractivity contribution in [2.45, 2.75) is 12.8 Å². The number of fused-ring (bicyclic) bond motifs is 1. The van der Waals surface area contributed by atoms with Crippen molar-refractivity contribution in [3.05, 3.63) is 34.2 Å². The van der Waals surface area contributed by atoms with Crippen LogP contribution in [-0.4, -0.2) is 11.1 Å². The van der Waals surface area contributed by atoms with Gasteiger partial charge in [-0.05, 0) is 25.1 Å². The lowest BCUT2D eigenvalue weighted by molar-refractivity contribution is -0.138. The SMILES string of the molecule is CC(C(=O)O)c1cc2c(Cl)cccc2s1. The largest absolute Gasteiger partial charge is 0.481 e. The number of carboxylic acid groups (broad SMARTS) is 1. The number of benzene rings is 1. The van der Waals surface area contributed by atoms with Crippen LogP contribution < -0.4 is 0 Å². The lowest BCUT2D eigenvalue weighted by Crippen LogP contribution is -2.04. The van der Waals surface area contributed by atoms with E-state index < -0.39 is 11.9 Å². The van der Waals surface area contributed by atoms with Gasteiger partial charge in [-0.15, -0.1) is 11.3 Å². The molecule has 0 fully saturated rings. The fourth-order valence-electron chi connectivity index (χ4n) is 1.38. The van der Waals surface area contributed by atoms with E-state index in [4.69, 9.17) is 16.7 Å². The molecule has 0 spiro atoms. The number of halogens is 1. The summed E-state index contributed by atoms with van der Waals surface area (Å²) in [4.78, 5) is 11.7. The molecule has 0 amide bonds. The van der Waals surface area contributed by atoms with Crippen LogP contribution >= 0.6 is 22.9 Å². The molecule has 2 aromatic rings. The van der Waals surface area contributed by atoms with Crippen LogP contribution in [-0.2, 0) is 4.79 Å². The number of aliphatic carboxylic acids is 1. The Hall–Kier alpha value is -1.06. The summed E-state index contributed by atoms with van der Waals surface area (Å²) in [6, 6.07) is 7.49. The molecular weight excluding hydrogens is 232 g/mol. The van der Waals surface area contributed by atoms with Gasteiger partial charge in [-0.25, -0.2) is 0 Å². The first-order valence-electron chi connectivity index (χ1n) is 4.50. The predicted octanol–water partition coefficient (Wildman–Crippen LogP) is 3.74. The zero-order chi connectivity index (χ0) is 11.0. The lowest BCUT2D eigenvalue weighted by Gasteiger charge is -1.99. The molecule has 2 rings (SSSR count). The Morgan fingerprint density at radius 2 is 2.27 bits per heavy atom. The van der Waals surface area contributed by atoms with Gasteiger partial charge in [-0.3, -0.25) is 4.79 Å². The summed E-state index contributed by atoms with van der Waals surface area (Å²) >= 11 is 7.50. The smallest absolute Gasteiger partial charge is 0.311 e. The Kier molecular flexibility index (Phi) is 2.67. The van der Waals surface area contributed by atoms with Crippen molar-refractivity contribution in [2.24, 2.45) is 0 Å². The fourth-order valence-corrected chi connectivity index (χ4v) is 2.80. The average molecular weight is 241 g/mol. The molecule has 15 heavy (non-hydrogen) atoms.